The van der Waals surface area contributed by atoms with Crippen molar-refractivity contribution in [2.45, 2.75) is 25.8 Å². The van der Waals surface area contributed by atoms with E-state index in [4.69, 9.17) is 22.7 Å². The highest BCUT2D eigenvalue weighted by atomic mass is 32.1. The van der Waals surface area contributed by atoms with Crippen LogP contribution < -0.4 is 16.0 Å². The molecule has 0 radical (unpaired) electrons. The zero-order valence-electron chi connectivity index (χ0n) is 9.18. The Balaban J connectivity index is 2.52. The average Bonchev–Trinajstić information content (AvgIpc) is 2.26. The van der Waals surface area contributed by atoms with E-state index in [9.17, 15) is 4.79 Å². The van der Waals surface area contributed by atoms with Crippen LogP contribution in [-0.4, -0.2) is 21.9 Å². The molecule has 0 saturated carbocycles. The maximum Gasteiger partial charge on any atom is 0.266 e. The zero-order chi connectivity index (χ0) is 12.0. The van der Waals surface area contributed by atoms with Gasteiger partial charge in [-0.2, -0.15) is 0 Å². The predicted octanol–water partition coefficient (Wildman–Crippen LogP) is 0.708. The molecule has 0 bridgehead atoms. The van der Waals surface area contributed by atoms with Gasteiger partial charge in [0, 0.05) is 18.7 Å². The number of unbranched alkanes of at least 4 members (excludes halogenated alkanes) is 1. The summed E-state index contributed by atoms with van der Waals surface area (Å²) in [6.07, 6.45) is 2.38. The lowest BCUT2D eigenvalue weighted by Crippen LogP contribution is -2.22. The Bertz CT molecular complexity index is 417. The fourth-order valence-corrected chi connectivity index (χ4v) is 1.40. The fourth-order valence-electron chi connectivity index (χ4n) is 1.26. The molecule has 0 unspecified atom stereocenters. The number of methoxy groups -OCH3 is 1. The third-order valence-corrected chi connectivity index (χ3v) is 2.30. The van der Waals surface area contributed by atoms with Crippen molar-refractivity contribution >= 4 is 17.2 Å². The molecule has 0 fully saturated rings. The number of aryl methyl sites for hydroxylation is 1. The first-order chi connectivity index (χ1) is 7.63. The molecule has 6 heteroatoms. The number of hydrogen-bond donors (Lipinski definition) is 1. The molecule has 16 heavy (non-hydrogen) atoms. The molecule has 0 amide bonds. The number of nitrogens with zero attached hydrogens (tertiary/aromatic N) is 2. The Hall–Kier alpha value is -1.43. The largest absolute Gasteiger partial charge is 0.480 e. The number of ether oxygens (including phenoxy) is 1. The standard InChI is InChI=1S/C10H15N3O2S/c1-15-9-5-6-10(14)13(12-9)7-3-2-4-8(11)16/h5-6H,2-4,7H2,1H3,(H2,11,16). The van der Waals surface area contributed by atoms with Crippen LogP contribution in [0.25, 0.3) is 0 Å². The van der Waals surface area contributed by atoms with Crippen molar-refractivity contribution in [3.8, 4) is 5.88 Å². The highest BCUT2D eigenvalue weighted by Gasteiger charge is 2.00. The number of nitrogens with two attached hydrogens (primary N) is 1. The molecule has 0 saturated heterocycles. The van der Waals surface area contributed by atoms with E-state index < -0.39 is 0 Å². The molecule has 0 aliphatic rings. The maximum atomic E-state index is 11.4. The van der Waals surface area contributed by atoms with Gasteiger partial charge in [0.05, 0.1) is 12.1 Å². The molecule has 1 aromatic rings. The molecule has 88 valence electrons. The molecule has 1 rings (SSSR count). The van der Waals surface area contributed by atoms with E-state index in [0.29, 0.717) is 23.8 Å². The van der Waals surface area contributed by atoms with Crippen molar-refractivity contribution in [3.05, 3.63) is 22.5 Å². The van der Waals surface area contributed by atoms with Crippen molar-refractivity contribution in [3.63, 3.8) is 0 Å². The number of aromatic nitrogens is 2. The SMILES string of the molecule is COc1ccc(=O)n(CCCCC(N)=S)n1. The van der Waals surface area contributed by atoms with Crippen LogP contribution in [0.1, 0.15) is 19.3 Å². The average molecular weight is 241 g/mol. The Morgan fingerprint density at radius 3 is 2.94 bits per heavy atom. The minimum Gasteiger partial charge on any atom is -0.480 e. The first-order valence-electron chi connectivity index (χ1n) is 5.04. The summed E-state index contributed by atoms with van der Waals surface area (Å²) in [5.74, 6) is 0.439. The molecule has 1 heterocycles. The first kappa shape index (κ1) is 12.6. The smallest absolute Gasteiger partial charge is 0.266 e. The van der Waals surface area contributed by atoms with Gasteiger partial charge in [0.25, 0.3) is 5.56 Å². The number of hydrogen-bond acceptors (Lipinski definition) is 4. The summed E-state index contributed by atoms with van der Waals surface area (Å²) in [5.41, 5.74) is 5.25. The monoisotopic (exact) mass is 241 g/mol. The number of rotatable bonds is 6. The van der Waals surface area contributed by atoms with Gasteiger partial charge >= 0.3 is 0 Å². The second-order valence-corrected chi connectivity index (χ2v) is 3.88. The van der Waals surface area contributed by atoms with E-state index in [1.165, 1.54) is 17.9 Å². The van der Waals surface area contributed by atoms with Crippen molar-refractivity contribution in [2.24, 2.45) is 5.73 Å². The van der Waals surface area contributed by atoms with Crippen LogP contribution in [0.3, 0.4) is 0 Å². The van der Waals surface area contributed by atoms with E-state index in [2.05, 4.69) is 5.10 Å². The molecule has 1 aromatic heterocycles. The van der Waals surface area contributed by atoms with E-state index in [1.807, 2.05) is 0 Å². The van der Waals surface area contributed by atoms with Gasteiger partial charge in [-0.15, -0.1) is 5.10 Å². The van der Waals surface area contributed by atoms with Gasteiger partial charge in [-0.25, -0.2) is 4.68 Å². The Kier molecular flexibility index (Phi) is 4.91. The quantitative estimate of drug-likeness (QED) is 0.586. The van der Waals surface area contributed by atoms with Crippen LogP contribution in [0.2, 0.25) is 0 Å². The van der Waals surface area contributed by atoms with Gasteiger partial charge in [-0.1, -0.05) is 12.2 Å². The number of thiocarbonyl (C=S) groups is 1. The fraction of sp³-hybridized carbons (Fsp3) is 0.500. The van der Waals surface area contributed by atoms with Gasteiger partial charge < -0.3 is 10.5 Å². The lowest BCUT2D eigenvalue weighted by atomic mass is 10.2. The van der Waals surface area contributed by atoms with E-state index in [0.717, 1.165) is 12.8 Å². The van der Waals surface area contributed by atoms with Gasteiger partial charge in [-0.05, 0) is 19.3 Å². The summed E-state index contributed by atoms with van der Waals surface area (Å²) in [4.78, 5) is 11.9. The molecule has 0 spiro atoms. The Labute approximate surface area is 99.2 Å². The van der Waals surface area contributed by atoms with Crippen molar-refractivity contribution in [2.75, 3.05) is 7.11 Å². The normalized spacial score (nSPS) is 10.1. The molecular weight excluding hydrogens is 226 g/mol. The van der Waals surface area contributed by atoms with Crippen molar-refractivity contribution in [1.29, 1.82) is 0 Å². The van der Waals surface area contributed by atoms with Crippen LogP contribution in [0.4, 0.5) is 0 Å². The van der Waals surface area contributed by atoms with Gasteiger partial charge in [-0.3, -0.25) is 4.79 Å². The summed E-state index contributed by atoms with van der Waals surface area (Å²) in [6, 6.07) is 2.99. The molecule has 0 aromatic carbocycles. The Morgan fingerprint density at radius 1 is 1.56 bits per heavy atom. The summed E-state index contributed by atoms with van der Waals surface area (Å²) in [5, 5.41) is 4.03. The molecule has 0 aliphatic carbocycles. The van der Waals surface area contributed by atoms with Crippen LogP contribution in [0, 0.1) is 0 Å². The van der Waals surface area contributed by atoms with Gasteiger partial charge in [0.1, 0.15) is 0 Å². The molecule has 5 nitrogen and oxygen atoms in total. The summed E-state index contributed by atoms with van der Waals surface area (Å²) < 4.78 is 6.33. The second-order valence-electron chi connectivity index (χ2n) is 3.36. The van der Waals surface area contributed by atoms with Crippen LogP contribution >= 0.6 is 12.2 Å². The van der Waals surface area contributed by atoms with Crippen molar-refractivity contribution < 1.29 is 4.74 Å². The third kappa shape index (κ3) is 3.98. The second kappa shape index (κ2) is 6.22. The molecular formula is C10H15N3O2S. The van der Waals surface area contributed by atoms with E-state index >= 15 is 0 Å². The van der Waals surface area contributed by atoms with Gasteiger partial charge in [0.2, 0.25) is 5.88 Å². The topological polar surface area (TPSA) is 70.1 Å². The van der Waals surface area contributed by atoms with Crippen LogP contribution in [-0.2, 0) is 6.54 Å². The highest BCUT2D eigenvalue weighted by molar-refractivity contribution is 7.80. The summed E-state index contributed by atoms with van der Waals surface area (Å²) >= 11 is 4.76. The minimum absolute atomic E-state index is 0.129. The Morgan fingerprint density at radius 2 is 2.31 bits per heavy atom. The molecule has 0 aliphatic heterocycles. The zero-order valence-corrected chi connectivity index (χ0v) is 10.00. The lowest BCUT2D eigenvalue weighted by Gasteiger charge is -2.05. The van der Waals surface area contributed by atoms with E-state index in [-0.39, 0.29) is 5.56 Å². The molecule has 0 atom stereocenters. The maximum absolute atomic E-state index is 11.4. The summed E-state index contributed by atoms with van der Waals surface area (Å²) in [7, 11) is 1.52. The molecule has 2 N–H and O–H groups in total. The predicted molar refractivity (Wildman–Crippen MR) is 65.7 cm³/mol. The lowest BCUT2D eigenvalue weighted by molar-refractivity contribution is 0.373. The van der Waals surface area contributed by atoms with Crippen LogP contribution in [0.5, 0.6) is 5.88 Å². The van der Waals surface area contributed by atoms with E-state index in [1.54, 1.807) is 6.07 Å². The van der Waals surface area contributed by atoms with Crippen LogP contribution in [0.15, 0.2) is 16.9 Å². The third-order valence-electron chi connectivity index (χ3n) is 2.09. The summed E-state index contributed by atoms with van der Waals surface area (Å²) in [6.45, 7) is 0.554. The first-order valence-corrected chi connectivity index (χ1v) is 5.45. The highest BCUT2D eigenvalue weighted by Crippen LogP contribution is 2.01. The van der Waals surface area contributed by atoms with Crippen molar-refractivity contribution in [1.82, 2.24) is 9.78 Å². The minimum atomic E-state index is -0.129. The van der Waals surface area contributed by atoms with Gasteiger partial charge in [0.15, 0.2) is 0 Å².